The summed E-state index contributed by atoms with van der Waals surface area (Å²) in [6.45, 7) is 7.04. The van der Waals surface area contributed by atoms with Gasteiger partial charge in [-0.15, -0.1) is 10.2 Å². The van der Waals surface area contributed by atoms with Gasteiger partial charge in [0.05, 0.1) is 6.54 Å². The lowest BCUT2D eigenvalue weighted by atomic mass is 9.95. The summed E-state index contributed by atoms with van der Waals surface area (Å²) in [4.78, 5) is 16.7. The number of aromatic nitrogens is 5. The molecule has 0 bridgehead atoms. The van der Waals surface area contributed by atoms with E-state index in [0.29, 0.717) is 11.6 Å². The quantitative estimate of drug-likeness (QED) is 0.807. The van der Waals surface area contributed by atoms with Gasteiger partial charge in [0.25, 0.3) is 5.91 Å². The van der Waals surface area contributed by atoms with Crippen molar-refractivity contribution in [2.75, 3.05) is 27.2 Å². The van der Waals surface area contributed by atoms with E-state index in [9.17, 15) is 4.79 Å². The van der Waals surface area contributed by atoms with Crippen molar-refractivity contribution in [3.63, 3.8) is 0 Å². The molecule has 142 valence electrons. The molecule has 2 aromatic heterocycles. The largest absolute Gasteiger partial charge is 0.337 e. The maximum absolute atomic E-state index is 12.7. The van der Waals surface area contributed by atoms with Gasteiger partial charge in [-0.1, -0.05) is 0 Å². The van der Waals surface area contributed by atoms with Gasteiger partial charge in [-0.2, -0.15) is 5.10 Å². The molecule has 0 atom stereocenters. The number of rotatable bonds is 5. The highest BCUT2D eigenvalue weighted by molar-refractivity contribution is 5.92. The molecule has 0 radical (unpaired) electrons. The Balaban J connectivity index is 1.64. The van der Waals surface area contributed by atoms with E-state index in [2.05, 4.69) is 24.8 Å². The number of likely N-dealkylation sites (tertiary alicyclic amines) is 1. The highest BCUT2D eigenvalue weighted by Crippen LogP contribution is 2.27. The molecule has 1 aliphatic heterocycles. The number of aryl methyl sites for hydroxylation is 2. The Morgan fingerprint density at radius 2 is 1.96 bits per heavy atom. The standard InChI is InChI=1S/C18H29N7O/c1-6-25-13(2)11-15(21-25)18(26)24-9-7-14(8-10-24)17-20-19-16(23(17)5)12-22(3)4/h11,14H,6-10,12H2,1-5H3. The third kappa shape index (κ3) is 3.65. The van der Waals surface area contributed by atoms with Crippen LogP contribution in [-0.4, -0.2) is 67.4 Å². The second kappa shape index (κ2) is 7.57. The summed E-state index contributed by atoms with van der Waals surface area (Å²) in [6.07, 6.45) is 1.82. The summed E-state index contributed by atoms with van der Waals surface area (Å²) in [5, 5.41) is 13.2. The number of piperidine rings is 1. The summed E-state index contributed by atoms with van der Waals surface area (Å²) in [5.74, 6) is 2.39. The van der Waals surface area contributed by atoms with Crippen molar-refractivity contribution in [1.29, 1.82) is 0 Å². The number of hydrogen-bond donors (Lipinski definition) is 0. The van der Waals surface area contributed by atoms with E-state index in [1.807, 2.05) is 50.6 Å². The Kier molecular flexibility index (Phi) is 5.41. The summed E-state index contributed by atoms with van der Waals surface area (Å²) in [6, 6.07) is 1.88. The van der Waals surface area contributed by atoms with Crippen molar-refractivity contribution >= 4 is 5.91 Å². The molecule has 8 nitrogen and oxygen atoms in total. The van der Waals surface area contributed by atoms with Gasteiger partial charge in [0.1, 0.15) is 11.6 Å². The molecule has 0 aliphatic carbocycles. The zero-order valence-corrected chi connectivity index (χ0v) is 16.4. The summed E-state index contributed by atoms with van der Waals surface area (Å²) >= 11 is 0. The van der Waals surface area contributed by atoms with Gasteiger partial charge in [-0.3, -0.25) is 9.48 Å². The van der Waals surface area contributed by atoms with Crippen LogP contribution >= 0.6 is 0 Å². The molecule has 0 unspecified atom stereocenters. The first-order valence-corrected chi connectivity index (χ1v) is 9.27. The summed E-state index contributed by atoms with van der Waals surface area (Å²) in [7, 11) is 6.09. The number of carbonyl (C=O) groups excluding carboxylic acids is 1. The van der Waals surface area contributed by atoms with E-state index >= 15 is 0 Å². The minimum absolute atomic E-state index is 0.0324. The van der Waals surface area contributed by atoms with Crippen LogP contribution in [0.1, 0.15) is 53.5 Å². The van der Waals surface area contributed by atoms with Crippen LogP contribution in [0.4, 0.5) is 0 Å². The topological polar surface area (TPSA) is 72.1 Å². The first-order valence-electron chi connectivity index (χ1n) is 9.27. The molecule has 3 heterocycles. The molecule has 26 heavy (non-hydrogen) atoms. The fraction of sp³-hybridized carbons (Fsp3) is 0.667. The van der Waals surface area contributed by atoms with Crippen LogP contribution in [0.25, 0.3) is 0 Å². The lowest BCUT2D eigenvalue weighted by Gasteiger charge is -2.31. The fourth-order valence-electron chi connectivity index (χ4n) is 3.59. The van der Waals surface area contributed by atoms with Gasteiger partial charge in [-0.25, -0.2) is 0 Å². The van der Waals surface area contributed by atoms with Crippen molar-refractivity contribution in [2.45, 2.75) is 45.7 Å². The first kappa shape index (κ1) is 18.6. The molecule has 3 rings (SSSR count). The van der Waals surface area contributed by atoms with E-state index in [0.717, 1.165) is 56.4 Å². The molecule has 0 saturated carbocycles. The molecule has 8 heteroatoms. The number of carbonyl (C=O) groups is 1. The predicted molar refractivity (Wildman–Crippen MR) is 98.9 cm³/mol. The third-order valence-corrected chi connectivity index (χ3v) is 5.10. The van der Waals surface area contributed by atoms with Crippen LogP contribution in [0.15, 0.2) is 6.07 Å². The molecule has 0 aromatic carbocycles. The van der Waals surface area contributed by atoms with E-state index in [1.54, 1.807) is 0 Å². The van der Waals surface area contributed by atoms with E-state index in [-0.39, 0.29) is 5.91 Å². The molecule has 0 N–H and O–H groups in total. The van der Waals surface area contributed by atoms with Crippen LogP contribution in [0.5, 0.6) is 0 Å². The van der Waals surface area contributed by atoms with E-state index in [4.69, 9.17) is 0 Å². The minimum Gasteiger partial charge on any atom is -0.337 e. The van der Waals surface area contributed by atoms with Gasteiger partial charge in [0, 0.05) is 38.3 Å². The molecule has 1 saturated heterocycles. The second-order valence-corrected chi connectivity index (χ2v) is 7.32. The third-order valence-electron chi connectivity index (χ3n) is 5.10. The molecule has 1 fully saturated rings. The Bertz CT molecular complexity index is 769. The minimum atomic E-state index is 0.0324. The number of hydrogen-bond acceptors (Lipinski definition) is 5. The van der Waals surface area contributed by atoms with Crippen LogP contribution in [0.2, 0.25) is 0 Å². The Labute approximate surface area is 154 Å². The SMILES string of the molecule is CCn1nc(C(=O)N2CCC(c3nnc(CN(C)C)n3C)CC2)cc1C. The first-order chi connectivity index (χ1) is 12.4. The van der Waals surface area contributed by atoms with Crippen molar-refractivity contribution in [1.82, 2.24) is 34.3 Å². The van der Waals surface area contributed by atoms with Crippen molar-refractivity contribution in [2.24, 2.45) is 7.05 Å². The maximum atomic E-state index is 12.7. The molecule has 2 aromatic rings. The molecular weight excluding hydrogens is 330 g/mol. The zero-order chi connectivity index (χ0) is 18.8. The Hall–Kier alpha value is -2.22. The monoisotopic (exact) mass is 359 g/mol. The van der Waals surface area contributed by atoms with Crippen LogP contribution in [0.3, 0.4) is 0 Å². The lowest BCUT2D eigenvalue weighted by molar-refractivity contribution is 0.0703. The second-order valence-electron chi connectivity index (χ2n) is 7.32. The zero-order valence-electron chi connectivity index (χ0n) is 16.4. The molecule has 1 amide bonds. The van der Waals surface area contributed by atoms with Gasteiger partial charge in [0.15, 0.2) is 5.69 Å². The summed E-state index contributed by atoms with van der Waals surface area (Å²) < 4.78 is 3.97. The average molecular weight is 359 g/mol. The Morgan fingerprint density at radius 1 is 1.27 bits per heavy atom. The normalized spacial score (nSPS) is 15.8. The number of amides is 1. The van der Waals surface area contributed by atoms with Crippen molar-refractivity contribution in [3.8, 4) is 0 Å². The maximum Gasteiger partial charge on any atom is 0.274 e. The average Bonchev–Trinajstić information content (AvgIpc) is 3.17. The smallest absolute Gasteiger partial charge is 0.274 e. The van der Waals surface area contributed by atoms with Crippen LogP contribution in [0, 0.1) is 6.92 Å². The van der Waals surface area contributed by atoms with Gasteiger partial charge in [-0.05, 0) is 46.9 Å². The van der Waals surface area contributed by atoms with Gasteiger partial charge in [0.2, 0.25) is 0 Å². The van der Waals surface area contributed by atoms with E-state index in [1.165, 1.54) is 0 Å². The fourth-order valence-corrected chi connectivity index (χ4v) is 3.59. The van der Waals surface area contributed by atoms with Crippen LogP contribution < -0.4 is 0 Å². The molecule has 0 spiro atoms. The highest BCUT2D eigenvalue weighted by Gasteiger charge is 2.29. The van der Waals surface area contributed by atoms with Gasteiger partial charge >= 0.3 is 0 Å². The van der Waals surface area contributed by atoms with Gasteiger partial charge < -0.3 is 14.4 Å². The summed E-state index contributed by atoms with van der Waals surface area (Å²) in [5.41, 5.74) is 1.58. The Morgan fingerprint density at radius 3 is 2.54 bits per heavy atom. The highest BCUT2D eigenvalue weighted by atomic mass is 16.2. The molecule has 1 aliphatic rings. The molecular formula is C18H29N7O. The predicted octanol–water partition coefficient (Wildman–Crippen LogP) is 1.42. The van der Waals surface area contributed by atoms with E-state index < -0.39 is 0 Å². The lowest BCUT2D eigenvalue weighted by Crippen LogP contribution is -2.38. The van der Waals surface area contributed by atoms with Crippen molar-refractivity contribution in [3.05, 3.63) is 29.1 Å². The number of nitrogens with zero attached hydrogens (tertiary/aromatic N) is 7. The van der Waals surface area contributed by atoms with Crippen LogP contribution in [-0.2, 0) is 20.1 Å². The van der Waals surface area contributed by atoms with Crippen molar-refractivity contribution < 1.29 is 4.79 Å².